The zero-order chi connectivity index (χ0) is 25.3. The van der Waals surface area contributed by atoms with Crippen molar-refractivity contribution in [3.05, 3.63) is 127 Å². The highest BCUT2D eigenvalue weighted by atomic mass is 32.1. The summed E-state index contributed by atoms with van der Waals surface area (Å²) in [4.78, 5) is 9.63. The first-order valence-electron chi connectivity index (χ1n) is 12.3. The number of hydrogen-bond donors (Lipinski definition) is 0. The van der Waals surface area contributed by atoms with Gasteiger partial charge in [-0.3, -0.25) is 4.98 Å². The average Bonchev–Trinajstić information content (AvgIpc) is 3.68. The van der Waals surface area contributed by atoms with Gasteiger partial charge in [0.2, 0.25) is 0 Å². The van der Waals surface area contributed by atoms with E-state index in [0.29, 0.717) is 0 Å². The van der Waals surface area contributed by atoms with E-state index in [1.165, 1.54) is 5.39 Å². The predicted octanol–water partition coefficient (Wildman–Crippen LogP) is 7.94. The SMILES string of the molecule is c1ccc(-c2cc(-c3cn(-c4cc(-c5nccc6ccccc56)cs4)nn3)cc(-c3ccccc3)n2)cc1. The van der Waals surface area contributed by atoms with Crippen molar-refractivity contribution in [1.82, 2.24) is 25.0 Å². The van der Waals surface area contributed by atoms with Crippen LogP contribution in [0.15, 0.2) is 127 Å². The fraction of sp³-hybridized carbons (Fsp3) is 0. The molecule has 0 saturated heterocycles. The molecule has 6 heteroatoms. The van der Waals surface area contributed by atoms with Gasteiger partial charge in [-0.15, -0.1) is 16.4 Å². The molecule has 0 N–H and O–H groups in total. The largest absolute Gasteiger partial charge is 0.256 e. The van der Waals surface area contributed by atoms with Crippen molar-refractivity contribution in [3.63, 3.8) is 0 Å². The molecule has 0 radical (unpaired) electrons. The van der Waals surface area contributed by atoms with Crippen LogP contribution in [0.1, 0.15) is 0 Å². The maximum absolute atomic E-state index is 4.97. The van der Waals surface area contributed by atoms with E-state index in [9.17, 15) is 0 Å². The van der Waals surface area contributed by atoms with E-state index < -0.39 is 0 Å². The van der Waals surface area contributed by atoms with Crippen molar-refractivity contribution in [2.24, 2.45) is 0 Å². The lowest BCUT2D eigenvalue weighted by Gasteiger charge is -2.08. The lowest BCUT2D eigenvalue weighted by atomic mass is 10.0. The second-order valence-corrected chi connectivity index (χ2v) is 9.85. The molecule has 4 heterocycles. The lowest BCUT2D eigenvalue weighted by Crippen LogP contribution is -1.91. The molecule has 0 spiro atoms. The fourth-order valence-electron chi connectivity index (χ4n) is 4.61. The van der Waals surface area contributed by atoms with Crippen LogP contribution in [0.25, 0.3) is 60.8 Å². The summed E-state index contributed by atoms with van der Waals surface area (Å²) < 4.78 is 1.83. The number of hydrogen-bond acceptors (Lipinski definition) is 5. The summed E-state index contributed by atoms with van der Waals surface area (Å²) in [6.45, 7) is 0. The van der Waals surface area contributed by atoms with Crippen molar-refractivity contribution < 1.29 is 0 Å². The summed E-state index contributed by atoms with van der Waals surface area (Å²) in [5.74, 6) is 0. The number of pyridine rings is 2. The van der Waals surface area contributed by atoms with Gasteiger partial charge in [0, 0.05) is 39.2 Å². The molecule has 0 aliphatic carbocycles. The van der Waals surface area contributed by atoms with Crippen LogP contribution in [-0.4, -0.2) is 25.0 Å². The maximum Gasteiger partial charge on any atom is 0.120 e. The van der Waals surface area contributed by atoms with Gasteiger partial charge < -0.3 is 0 Å². The van der Waals surface area contributed by atoms with Crippen molar-refractivity contribution in [1.29, 1.82) is 0 Å². The highest BCUT2D eigenvalue weighted by molar-refractivity contribution is 7.13. The van der Waals surface area contributed by atoms with E-state index in [1.54, 1.807) is 11.3 Å². The molecule has 38 heavy (non-hydrogen) atoms. The van der Waals surface area contributed by atoms with Crippen LogP contribution in [-0.2, 0) is 0 Å². The summed E-state index contributed by atoms with van der Waals surface area (Å²) in [5, 5.41) is 14.4. The van der Waals surface area contributed by atoms with Crippen LogP contribution in [0.3, 0.4) is 0 Å². The van der Waals surface area contributed by atoms with E-state index >= 15 is 0 Å². The Bertz CT molecular complexity index is 1810. The third kappa shape index (κ3) is 4.17. The molecule has 0 bridgehead atoms. The first-order chi connectivity index (χ1) is 18.8. The van der Waals surface area contributed by atoms with E-state index in [-0.39, 0.29) is 0 Å². The number of thiophene rings is 1. The second-order valence-electron chi connectivity index (χ2n) is 8.96. The maximum atomic E-state index is 4.97. The first kappa shape index (κ1) is 22.3. The minimum Gasteiger partial charge on any atom is -0.256 e. The van der Waals surface area contributed by atoms with Gasteiger partial charge in [-0.2, -0.15) is 0 Å². The normalized spacial score (nSPS) is 11.2. The molecule has 3 aromatic carbocycles. The Morgan fingerprint density at radius 2 is 1.29 bits per heavy atom. The van der Waals surface area contributed by atoms with Crippen LogP contribution in [0.2, 0.25) is 0 Å². The highest BCUT2D eigenvalue weighted by Crippen LogP contribution is 2.33. The molecule has 0 amide bonds. The minimum absolute atomic E-state index is 0.792. The third-order valence-electron chi connectivity index (χ3n) is 6.51. The third-order valence-corrected chi connectivity index (χ3v) is 7.43. The van der Waals surface area contributed by atoms with Crippen molar-refractivity contribution >= 4 is 22.1 Å². The Kier molecular flexibility index (Phi) is 5.57. The quantitative estimate of drug-likeness (QED) is 0.237. The Balaban J connectivity index is 1.28. The molecule has 0 aliphatic rings. The van der Waals surface area contributed by atoms with Gasteiger partial charge in [0.15, 0.2) is 0 Å². The number of benzene rings is 3. The molecule has 7 aromatic rings. The van der Waals surface area contributed by atoms with E-state index in [0.717, 1.165) is 55.4 Å². The topological polar surface area (TPSA) is 56.5 Å². The first-order valence-corrected chi connectivity index (χ1v) is 13.2. The molecular weight excluding hydrogens is 486 g/mol. The van der Waals surface area contributed by atoms with Crippen LogP contribution < -0.4 is 0 Å². The molecule has 7 rings (SSSR count). The Hall–Kier alpha value is -4.94. The highest BCUT2D eigenvalue weighted by Gasteiger charge is 2.14. The monoisotopic (exact) mass is 507 g/mol. The molecule has 0 fully saturated rings. The summed E-state index contributed by atoms with van der Waals surface area (Å²) in [5.41, 5.74) is 7.72. The molecule has 0 unspecified atom stereocenters. The van der Waals surface area contributed by atoms with Crippen LogP contribution >= 0.6 is 11.3 Å². The average molecular weight is 508 g/mol. The van der Waals surface area contributed by atoms with Gasteiger partial charge in [-0.25, -0.2) is 9.67 Å². The van der Waals surface area contributed by atoms with Crippen molar-refractivity contribution in [3.8, 4) is 50.0 Å². The smallest absolute Gasteiger partial charge is 0.120 e. The van der Waals surface area contributed by atoms with Crippen LogP contribution in [0.4, 0.5) is 0 Å². The number of nitrogens with zero attached hydrogens (tertiary/aromatic N) is 5. The molecule has 180 valence electrons. The summed E-state index contributed by atoms with van der Waals surface area (Å²) in [6.07, 6.45) is 3.84. The van der Waals surface area contributed by atoms with Crippen LogP contribution in [0.5, 0.6) is 0 Å². The standard InChI is InChI=1S/C32H21N5S/c1-3-10-23(11-4-1)28-17-25(18-29(34-28)24-12-5-2-6-13-24)30-20-37(36-35-30)31-19-26(21-38-31)32-27-14-8-7-9-22(27)15-16-33-32/h1-21H. The number of fused-ring (bicyclic) bond motifs is 1. The molecule has 5 nitrogen and oxygen atoms in total. The van der Waals surface area contributed by atoms with Gasteiger partial charge in [-0.05, 0) is 29.7 Å². The van der Waals surface area contributed by atoms with Gasteiger partial charge in [-0.1, -0.05) is 90.1 Å². The summed E-state index contributed by atoms with van der Waals surface area (Å²) in [6, 6.07) is 37.1. The Labute approximate surface area is 223 Å². The van der Waals surface area contributed by atoms with E-state index in [4.69, 9.17) is 4.98 Å². The van der Waals surface area contributed by atoms with Gasteiger partial charge in [0.05, 0.1) is 23.3 Å². The zero-order valence-corrected chi connectivity index (χ0v) is 21.1. The van der Waals surface area contributed by atoms with Crippen LogP contribution in [0, 0.1) is 0 Å². The molecule has 4 aromatic heterocycles. The van der Waals surface area contributed by atoms with Crippen molar-refractivity contribution in [2.75, 3.05) is 0 Å². The zero-order valence-electron chi connectivity index (χ0n) is 20.3. The molecule has 0 saturated carbocycles. The Morgan fingerprint density at radius 1 is 0.605 bits per heavy atom. The minimum atomic E-state index is 0.792. The van der Waals surface area contributed by atoms with Gasteiger partial charge >= 0.3 is 0 Å². The molecule has 0 atom stereocenters. The molecule has 0 aliphatic heterocycles. The number of rotatable bonds is 5. The van der Waals surface area contributed by atoms with Gasteiger partial charge in [0.25, 0.3) is 0 Å². The fourth-order valence-corrected chi connectivity index (χ4v) is 5.43. The molecular formula is C32H21N5S. The van der Waals surface area contributed by atoms with Gasteiger partial charge in [0.1, 0.15) is 10.7 Å². The van der Waals surface area contributed by atoms with Crippen molar-refractivity contribution in [2.45, 2.75) is 0 Å². The van der Waals surface area contributed by atoms with E-state index in [1.807, 2.05) is 71.7 Å². The lowest BCUT2D eigenvalue weighted by molar-refractivity contribution is 0.815. The second kappa shape index (κ2) is 9.50. The predicted molar refractivity (Wildman–Crippen MR) is 154 cm³/mol. The number of aromatic nitrogens is 5. The summed E-state index contributed by atoms with van der Waals surface area (Å²) in [7, 11) is 0. The summed E-state index contributed by atoms with van der Waals surface area (Å²) >= 11 is 1.62. The Morgan fingerprint density at radius 3 is 2.03 bits per heavy atom. The van der Waals surface area contributed by atoms with E-state index in [2.05, 4.69) is 75.3 Å².